The molecule has 0 saturated heterocycles. The van der Waals surface area contributed by atoms with Crippen LogP contribution < -0.4 is 62.3 Å². The van der Waals surface area contributed by atoms with E-state index in [9.17, 15) is 63.3 Å². The average Bonchev–Trinajstić information content (AvgIpc) is 0.752. The van der Waals surface area contributed by atoms with Crippen LogP contribution in [0, 0.1) is 5.92 Å². The number of aliphatic hydroxyl groups excluding tert-OH is 2. The summed E-state index contributed by atoms with van der Waals surface area (Å²) in [6.07, 6.45) is 5.97. The molecular formula is C101H96Cl5N7O20. The van der Waals surface area contributed by atoms with Gasteiger partial charge in [0.1, 0.15) is 32.7 Å². The third-order valence-corrected chi connectivity index (χ3v) is 21.5. The third kappa shape index (κ3) is 27.6. The number of aromatic nitrogens is 4. The van der Waals surface area contributed by atoms with Crippen molar-refractivity contribution in [1.82, 2.24) is 33.6 Å². The van der Waals surface area contributed by atoms with Gasteiger partial charge in [0.05, 0.1) is 38.3 Å². The van der Waals surface area contributed by atoms with E-state index in [1.807, 2.05) is 193 Å². The lowest BCUT2D eigenvalue weighted by molar-refractivity contribution is -0.0171. The summed E-state index contributed by atoms with van der Waals surface area (Å²) < 4.78 is 39.0. The van der Waals surface area contributed by atoms with E-state index in [-0.39, 0.29) is 140 Å². The molecule has 8 aromatic carbocycles. The number of aromatic hydroxyl groups is 1. The lowest BCUT2D eigenvalue weighted by Crippen LogP contribution is -2.49. The fraction of sp³-hybridized carbons (Fsp3) is 0.208. The number of carboxylic acid groups (broad SMARTS) is 1. The highest BCUT2D eigenvalue weighted by Crippen LogP contribution is 2.32. The third-order valence-electron chi connectivity index (χ3n) is 20.5. The largest absolute Gasteiger partial charge is 0.503 e. The van der Waals surface area contributed by atoms with Crippen LogP contribution in [0.3, 0.4) is 0 Å². The summed E-state index contributed by atoms with van der Waals surface area (Å²) in [7, 11) is 0. The topological polar surface area (TPSA) is 361 Å². The maximum atomic E-state index is 13.6. The first-order chi connectivity index (χ1) is 63.4. The Morgan fingerprint density at radius 2 is 0.865 bits per heavy atom. The minimum absolute atomic E-state index is 0. The standard InChI is InChI=1S/C25H25ClN2O4.C25H27ClN2O4.C20H16ClNO4.C18H17ClN2O3.C13H10O5.ClH/c1-16(2)20-12-21(29)24(32-15-17-7-4-3-5-8-17)23-25(31)28(22(30)14-27(20)23)13-18-9-6-10-19(26)11-18;1-17(2)21(15-29)28-12-11-22(30)24(32-16-18-7-4-3-5-8-18)23(28)25(31)27-14-19-9-6-10-20(26)13-19;21-16-8-4-7-15(11-16)12-22-20(24)19-18(17(23)9-10-25-19)26-13-14-5-2-1-3-6-14;1-11(2)14-10-20(9-12-4-3-5-13(19)8-12)18(24)16-17(23)15(22)6-7-21(14)16;14-10-6-7-17-12(13(15)16)11(10)18-8-9-4-2-1-3-5-9;/h3-12,16,22,30H,13-15H2,1-2H3;3-13,17,21,29H,14-16H2,1-2H3,(H,27,31);1-11H,12-13H2,(H,22,24);3-8,10-11,23H,9H2,1-2H3;1-7H,8H2,(H,15,16);1H. The Bertz CT molecular complexity index is 6750. The van der Waals surface area contributed by atoms with Crippen LogP contribution in [0.25, 0.3) is 5.52 Å². The van der Waals surface area contributed by atoms with Crippen LogP contribution in [-0.4, -0.2) is 80.0 Å². The van der Waals surface area contributed by atoms with Gasteiger partial charge in [0, 0.05) is 100 Å². The van der Waals surface area contributed by atoms with Crippen molar-refractivity contribution in [3.05, 3.63) is 440 Å². The Morgan fingerprint density at radius 1 is 0.459 bits per heavy atom. The van der Waals surface area contributed by atoms with Crippen LogP contribution in [0.4, 0.5) is 0 Å². The zero-order valence-electron chi connectivity index (χ0n) is 73.0. The van der Waals surface area contributed by atoms with Crippen molar-refractivity contribution in [1.29, 1.82) is 0 Å². The van der Waals surface area contributed by atoms with Crippen molar-refractivity contribution < 1.29 is 67.4 Å². The van der Waals surface area contributed by atoms with E-state index in [0.717, 1.165) is 62.5 Å². The Morgan fingerprint density at radius 3 is 1.32 bits per heavy atom. The van der Waals surface area contributed by atoms with E-state index in [1.54, 1.807) is 86.5 Å². The van der Waals surface area contributed by atoms with Crippen LogP contribution in [0.15, 0.2) is 317 Å². The number of pyridine rings is 3. The molecule has 32 heteroatoms. The predicted octanol–water partition coefficient (Wildman–Crippen LogP) is 17.5. The lowest BCUT2D eigenvalue weighted by Gasteiger charge is -2.37. The van der Waals surface area contributed by atoms with Gasteiger partial charge < -0.3 is 81.8 Å². The molecule has 2 unspecified atom stereocenters. The summed E-state index contributed by atoms with van der Waals surface area (Å²) >= 11 is 24.1. The van der Waals surface area contributed by atoms with Crippen molar-refractivity contribution in [2.45, 2.75) is 125 Å². The van der Waals surface area contributed by atoms with Crippen molar-refractivity contribution >= 4 is 88.0 Å². The van der Waals surface area contributed by atoms with Crippen molar-refractivity contribution in [3.8, 4) is 28.7 Å². The van der Waals surface area contributed by atoms with E-state index in [0.29, 0.717) is 32.3 Å². The first-order valence-electron chi connectivity index (χ1n) is 41.7. The van der Waals surface area contributed by atoms with Crippen LogP contribution in [-0.2, 0) is 59.2 Å². The molecule has 2 atom stereocenters. The van der Waals surface area contributed by atoms with Gasteiger partial charge in [-0.1, -0.05) is 258 Å². The Labute approximate surface area is 790 Å². The molecule has 0 fully saturated rings. The molecule has 0 aliphatic carbocycles. The molecule has 3 amide bonds. The second-order valence-electron chi connectivity index (χ2n) is 31.1. The maximum absolute atomic E-state index is 13.6. The van der Waals surface area contributed by atoms with Crippen molar-refractivity contribution in [2.24, 2.45) is 5.92 Å². The van der Waals surface area contributed by atoms with Gasteiger partial charge in [-0.25, -0.2) is 4.79 Å². The summed E-state index contributed by atoms with van der Waals surface area (Å²) in [5.41, 5.74) is 5.86. The molecule has 27 nitrogen and oxygen atoms in total. The monoisotopic (exact) mass is 1900 g/mol. The zero-order chi connectivity index (χ0) is 94.7. The van der Waals surface area contributed by atoms with E-state index in [4.69, 9.17) is 79.3 Å². The predicted molar refractivity (Wildman–Crippen MR) is 511 cm³/mol. The molecule has 0 bridgehead atoms. The fourth-order valence-corrected chi connectivity index (χ4v) is 14.7. The van der Waals surface area contributed by atoms with Gasteiger partial charge in [0.25, 0.3) is 29.0 Å². The zero-order valence-corrected chi connectivity index (χ0v) is 76.8. The minimum Gasteiger partial charge on any atom is -0.503 e. The molecule has 6 aromatic heterocycles. The molecule has 1 aliphatic rings. The number of benzene rings is 8. The van der Waals surface area contributed by atoms with Gasteiger partial charge in [-0.05, 0) is 111 Å². The quantitative estimate of drug-likeness (QED) is 0.0265. The number of fused-ring (bicyclic) bond motifs is 2. The average molecular weight is 1910 g/mol. The minimum atomic E-state index is -1.34. The molecule has 133 heavy (non-hydrogen) atoms. The van der Waals surface area contributed by atoms with Gasteiger partial charge in [-0.3, -0.25) is 43.2 Å². The number of halogens is 5. The van der Waals surface area contributed by atoms with Gasteiger partial charge in [-0.15, -0.1) is 12.4 Å². The fourth-order valence-electron chi connectivity index (χ4n) is 13.9. The number of carbonyl (C=O) groups is 4. The van der Waals surface area contributed by atoms with Gasteiger partial charge in [-0.2, -0.15) is 0 Å². The summed E-state index contributed by atoms with van der Waals surface area (Å²) in [6.45, 7) is 13.2. The van der Waals surface area contributed by atoms with Gasteiger partial charge in [0.2, 0.25) is 44.4 Å². The molecular weight excluding hydrogens is 1810 g/mol. The van der Waals surface area contributed by atoms with Gasteiger partial charge >= 0.3 is 5.97 Å². The van der Waals surface area contributed by atoms with Crippen LogP contribution in [0.5, 0.6) is 28.7 Å². The normalized spacial score (nSPS) is 12.1. The number of carboxylic acids is 1. The SMILES string of the molecule is CC(C)C(CO)n1ccc(=O)c(OCc2ccccc2)c1C(=O)NCc1cccc(Cl)c1.CC(C)c1cc(=O)c(OCc2ccccc2)c2n1CC(O)N(Cc1cccc(Cl)c1)C2=O.CC(C)c1cn(Cc2cccc(Cl)c2)c(=O)c2c(O)c(=O)ccn12.Cl.O=C(NCc1cccc(Cl)c1)c1occc(=O)c1OCc1ccccc1.O=C(O)c1occc(=O)c1OCc1ccccc1. The second-order valence-corrected chi connectivity index (χ2v) is 32.9. The maximum Gasteiger partial charge on any atom is 0.375 e. The van der Waals surface area contributed by atoms with Crippen LogP contribution in [0.1, 0.15) is 157 Å². The van der Waals surface area contributed by atoms with E-state index < -0.39 is 74.7 Å². The number of ether oxygens (including phenoxy) is 4. The highest BCUT2D eigenvalue weighted by molar-refractivity contribution is 6.31. The summed E-state index contributed by atoms with van der Waals surface area (Å²) in [5.74, 6) is -4.29. The highest BCUT2D eigenvalue weighted by atomic mass is 35.5. The summed E-state index contributed by atoms with van der Waals surface area (Å²) in [5, 5.41) is 47.6. The highest BCUT2D eigenvalue weighted by Gasteiger charge is 2.37. The number of aromatic carboxylic acids is 1. The lowest BCUT2D eigenvalue weighted by atomic mass is 10.0. The molecule has 0 saturated carbocycles. The summed E-state index contributed by atoms with van der Waals surface area (Å²) in [4.78, 5) is 125. The van der Waals surface area contributed by atoms with Gasteiger partial charge in [0.15, 0.2) is 34.2 Å². The second kappa shape index (κ2) is 48.7. The first-order valence-corrected chi connectivity index (χ1v) is 43.2. The number of rotatable bonds is 28. The Kier molecular flexibility index (Phi) is 37.1. The molecule has 7 heterocycles. The molecule has 0 spiro atoms. The van der Waals surface area contributed by atoms with Crippen molar-refractivity contribution in [3.63, 3.8) is 0 Å². The Hall–Kier alpha value is -14.0. The van der Waals surface area contributed by atoms with Crippen LogP contribution >= 0.6 is 58.8 Å². The molecule has 15 rings (SSSR count). The molecule has 6 N–H and O–H groups in total. The number of hydrogen-bond donors (Lipinski definition) is 6. The van der Waals surface area contributed by atoms with Crippen LogP contribution in [0.2, 0.25) is 20.1 Å². The number of amides is 3. The number of aliphatic hydroxyl groups is 2. The number of nitrogens with one attached hydrogen (secondary N) is 2. The molecule has 14 aromatic rings. The van der Waals surface area contributed by atoms with E-state index in [1.165, 1.54) is 52.4 Å². The number of hydrogen-bond acceptors (Lipinski definition) is 19. The number of carbonyl (C=O) groups excluding carboxylic acids is 3. The van der Waals surface area contributed by atoms with E-state index in [2.05, 4.69) is 10.6 Å². The van der Waals surface area contributed by atoms with E-state index >= 15 is 0 Å². The molecule has 690 valence electrons. The molecule has 1 aliphatic heterocycles. The Balaban J connectivity index is 0.000000174. The molecule has 0 radical (unpaired) electrons. The van der Waals surface area contributed by atoms with Crippen molar-refractivity contribution in [2.75, 3.05) is 6.61 Å². The number of nitrogens with zero attached hydrogens (tertiary/aromatic N) is 5. The smallest absolute Gasteiger partial charge is 0.375 e. The first kappa shape index (κ1) is 101. The summed E-state index contributed by atoms with van der Waals surface area (Å²) in [6, 6.07) is 72.0.